The Bertz CT molecular complexity index is 873. The first kappa shape index (κ1) is 21.5. The standard InChI is InChI=1S/C19H21Cl2NO4S/c1-4-13-14(20)10-15(18(23)17(13)21)22-19(24)16(5-2)27(25)26-12-8-6-7-11(3)9-12/h6-10,16,23H,4-5H2,1-3H3,(H,22,24). The van der Waals surface area contributed by atoms with Crippen molar-refractivity contribution in [1.82, 2.24) is 0 Å². The van der Waals surface area contributed by atoms with E-state index in [-0.39, 0.29) is 22.9 Å². The number of hydrogen-bond acceptors (Lipinski definition) is 4. The fraction of sp³-hybridized carbons (Fsp3) is 0.316. The summed E-state index contributed by atoms with van der Waals surface area (Å²) < 4.78 is 17.9. The van der Waals surface area contributed by atoms with Gasteiger partial charge in [0.1, 0.15) is 5.75 Å². The van der Waals surface area contributed by atoms with Gasteiger partial charge in [-0.25, -0.2) is 4.21 Å². The molecule has 0 heterocycles. The van der Waals surface area contributed by atoms with E-state index in [1.807, 2.05) is 19.9 Å². The predicted octanol–water partition coefficient (Wildman–Crippen LogP) is 5.03. The minimum atomic E-state index is -1.90. The lowest BCUT2D eigenvalue weighted by Gasteiger charge is -2.17. The minimum Gasteiger partial charge on any atom is -0.504 e. The first-order valence-corrected chi connectivity index (χ1v) is 10.3. The number of amides is 1. The van der Waals surface area contributed by atoms with E-state index in [1.54, 1.807) is 25.1 Å². The Kier molecular flexibility index (Phi) is 7.53. The van der Waals surface area contributed by atoms with Gasteiger partial charge in [0.15, 0.2) is 11.0 Å². The molecule has 0 saturated heterocycles. The normalized spacial score (nSPS) is 13.1. The third kappa shape index (κ3) is 5.15. The third-order valence-corrected chi connectivity index (χ3v) is 6.08. The van der Waals surface area contributed by atoms with Gasteiger partial charge in [-0.15, -0.1) is 0 Å². The molecule has 2 rings (SSSR count). The van der Waals surface area contributed by atoms with Gasteiger partial charge in [0.25, 0.3) is 0 Å². The summed E-state index contributed by atoms with van der Waals surface area (Å²) in [4.78, 5) is 12.6. The van der Waals surface area contributed by atoms with Crippen molar-refractivity contribution in [3.63, 3.8) is 0 Å². The van der Waals surface area contributed by atoms with Gasteiger partial charge in [-0.3, -0.25) is 4.79 Å². The van der Waals surface area contributed by atoms with Crippen LogP contribution in [-0.2, 0) is 22.3 Å². The van der Waals surface area contributed by atoms with E-state index in [2.05, 4.69) is 5.32 Å². The van der Waals surface area contributed by atoms with Crippen LogP contribution in [0.25, 0.3) is 0 Å². The molecule has 2 aromatic rings. The Morgan fingerprint density at radius 3 is 2.59 bits per heavy atom. The van der Waals surface area contributed by atoms with Crippen LogP contribution in [0, 0.1) is 6.92 Å². The van der Waals surface area contributed by atoms with Crippen molar-refractivity contribution >= 4 is 45.9 Å². The first-order valence-electron chi connectivity index (χ1n) is 8.44. The molecule has 0 aliphatic rings. The van der Waals surface area contributed by atoms with Gasteiger partial charge in [0.2, 0.25) is 17.0 Å². The van der Waals surface area contributed by atoms with Crippen LogP contribution in [0.15, 0.2) is 30.3 Å². The van der Waals surface area contributed by atoms with Crippen molar-refractivity contribution in [2.75, 3.05) is 5.32 Å². The number of nitrogens with one attached hydrogen (secondary N) is 1. The molecule has 0 bridgehead atoms. The molecule has 146 valence electrons. The van der Waals surface area contributed by atoms with E-state index in [4.69, 9.17) is 27.4 Å². The molecule has 0 saturated carbocycles. The van der Waals surface area contributed by atoms with Crippen LogP contribution in [0.4, 0.5) is 5.69 Å². The molecule has 2 N–H and O–H groups in total. The van der Waals surface area contributed by atoms with Crippen molar-refractivity contribution < 1.29 is 18.3 Å². The monoisotopic (exact) mass is 429 g/mol. The maximum Gasteiger partial charge on any atom is 0.243 e. The van der Waals surface area contributed by atoms with Crippen LogP contribution in [0.3, 0.4) is 0 Å². The number of carbonyl (C=O) groups is 1. The quantitative estimate of drug-likeness (QED) is 0.605. The molecule has 2 atom stereocenters. The smallest absolute Gasteiger partial charge is 0.243 e. The van der Waals surface area contributed by atoms with E-state index in [0.717, 1.165) is 5.56 Å². The molecule has 0 radical (unpaired) electrons. The zero-order valence-corrected chi connectivity index (χ0v) is 17.5. The van der Waals surface area contributed by atoms with Gasteiger partial charge in [-0.1, -0.05) is 49.2 Å². The molecule has 2 unspecified atom stereocenters. The highest BCUT2D eigenvalue weighted by atomic mass is 35.5. The lowest BCUT2D eigenvalue weighted by atomic mass is 10.1. The van der Waals surface area contributed by atoms with Crippen molar-refractivity contribution in [3.05, 3.63) is 51.5 Å². The zero-order valence-electron chi connectivity index (χ0n) is 15.2. The van der Waals surface area contributed by atoms with E-state index >= 15 is 0 Å². The van der Waals surface area contributed by atoms with E-state index < -0.39 is 22.2 Å². The second-order valence-electron chi connectivity index (χ2n) is 5.95. The summed E-state index contributed by atoms with van der Waals surface area (Å²) in [6.45, 7) is 5.46. The van der Waals surface area contributed by atoms with Gasteiger partial charge in [0.05, 0.1) is 10.7 Å². The fourth-order valence-electron chi connectivity index (χ4n) is 2.51. The lowest BCUT2D eigenvalue weighted by molar-refractivity contribution is -0.115. The average molecular weight is 430 g/mol. The number of phenols is 1. The molecule has 1 amide bonds. The van der Waals surface area contributed by atoms with Crippen molar-refractivity contribution in [3.8, 4) is 11.5 Å². The summed E-state index contributed by atoms with van der Waals surface area (Å²) in [5.74, 6) is -0.414. The van der Waals surface area contributed by atoms with Crippen LogP contribution in [0.1, 0.15) is 31.4 Å². The maximum atomic E-state index is 12.6. The number of benzene rings is 2. The Morgan fingerprint density at radius 1 is 1.30 bits per heavy atom. The number of rotatable bonds is 7. The molecular weight excluding hydrogens is 409 g/mol. The van der Waals surface area contributed by atoms with E-state index in [9.17, 15) is 14.1 Å². The molecule has 0 aromatic heterocycles. The van der Waals surface area contributed by atoms with Gasteiger partial charge < -0.3 is 14.6 Å². The van der Waals surface area contributed by atoms with Crippen molar-refractivity contribution in [2.45, 2.75) is 38.9 Å². The average Bonchev–Trinajstić information content (AvgIpc) is 2.60. The topological polar surface area (TPSA) is 75.6 Å². The fourth-order valence-corrected chi connectivity index (χ4v) is 4.15. The van der Waals surface area contributed by atoms with Gasteiger partial charge in [-0.05, 0) is 49.1 Å². The van der Waals surface area contributed by atoms with Crippen LogP contribution in [0.5, 0.6) is 11.5 Å². The zero-order chi connectivity index (χ0) is 20.1. The number of aryl methyl sites for hydroxylation is 1. The van der Waals surface area contributed by atoms with Crippen LogP contribution >= 0.6 is 23.2 Å². The predicted molar refractivity (Wildman–Crippen MR) is 110 cm³/mol. The Morgan fingerprint density at radius 2 is 2.00 bits per heavy atom. The molecular formula is C19H21Cl2NO4S. The summed E-state index contributed by atoms with van der Waals surface area (Å²) in [5.41, 5.74) is 1.61. The second-order valence-corrected chi connectivity index (χ2v) is 7.99. The molecule has 0 fully saturated rings. The summed E-state index contributed by atoms with van der Waals surface area (Å²) in [6.07, 6.45) is 0.810. The Hall–Kier alpha value is -1.76. The highest BCUT2D eigenvalue weighted by Crippen LogP contribution is 2.39. The van der Waals surface area contributed by atoms with E-state index in [1.165, 1.54) is 6.07 Å². The van der Waals surface area contributed by atoms with Crippen LogP contribution in [0.2, 0.25) is 10.0 Å². The SMILES string of the molecule is CCc1c(Cl)cc(NC(=O)C(CC)S(=O)Oc2cccc(C)c2)c(O)c1Cl. The molecule has 2 aromatic carbocycles. The molecule has 0 spiro atoms. The number of anilines is 1. The lowest BCUT2D eigenvalue weighted by Crippen LogP contribution is -2.33. The summed E-state index contributed by atoms with van der Waals surface area (Å²) in [6, 6.07) is 8.49. The molecule has 8 heteroatoms. The third-order valence-electron chi connectivity index (χ3n) is 3.96. The number of phenolic OH excluding ortho intramolecular Hbond substituents is 1. The van der Waals surface area contributed by atoms with Gasteiger partial charge in [0, 0.05) is 5.02 Å². The highest BCUT2D eigenvalue weighted by Gasteiger charge is 2.27. The Balaban J connectivity index is 2.19. The van der Waals surface area contributed by atoms with Crippen molar-refractivity contribution in [2.24, 2.45) is 0 Å². The van der Waals surface area contributed by atoms with E-state index in [0.29, 0.717) is 22.8 Å². The number of hydrogen-bond donors (Lipinski definition) is 2. The summed E-state index contributed by atoms with van der Waals surface area (Å²) in [7, 11) is 0. The molecule has 0 aliphatic carbocycles. The van der Waals surface area contributed by atoms with Crippen LogP contribution < -0.4 is 9.50 Å². The highest BCUT2D eigenvalue weighted by molar-refractivity contribution is 7.82. The van der Waals surface area contributed by atoms with Crippen molar-refractivity contribution in [1.29, 1.82) is 0 Å². The molecule has 27 heavy (non-hydrogen) atoms. The Labute approximate surface area is 171 Å². The first-order chi connectivity index (χ1) is 12.8. The molecule has 5 nitrogen and oxygen atoms in total. The maximum absolute atomic E-state index is 12.6. The van der Waals surface area contributed by atoms with Gasteiger partial charge in [-0.2, -0.15) is 0 Å². The minimum absolute atomic E-state index is 0.0678. The largest absolute Gasteiger partial charge is 0.504 e. The summed E-state index contributed by atoms with van der Waals surface area (Å²) >= 11 is 10.4. The number of aromatic hydroxyl groups is 1. The van der Waals surface area contributed by atoms with Gasteiger partial charge >= 0.3 is 0 Å². The van der Waals surface area contributed by atoms with Crippen LogP contribution in [-0.4, -0.2) is 20.5 Å². The second kappa shape index (κ2) is 9.44. The number of carbonyl (C=O) groups excluding carboxylic acids is 1. The number of halogens is 2. The molecule has 0 aliphatic heterocycles. The summed E-state index contributed by atoms with van der Waals surface area (Å²) in [5, 5.41) is 12.3.